The molecule has 0 aliphatic heterocycles. The zero-order chi connectivity index (χ0) is 27.6. The highest BCUT2D eigenvalue weighted by Gasteiger charge is 2.33. The van der Waals surface area contributed by atoms with Gasteiger partial charge in [0, 0.05) is 25.2 Å². The summed E-state index contributed by atoms with van der Waals surface area (Å²) in [5, 5.41) is 4.52. The maximum Gasteiger partial charge on any atom is 0.416 e. The van der Waals surface area contributed by atoms with Crippen LogP contribution in [-0.2, 0) is 15.7 Å². The lowest BCUT2D eigenvalue weighted by atomic mass is 10.0. The van der Waals surface area contributed by atoms with Crippen LogP contribution < -0.4 is 4.90 Å². The first-order valence-electron chi connectivity index (χ1n) is 11.3. The average molecular weight is 524 g/mol. The van der Waals surface area contributed by atoms with Gasteiger partial charge in [0.15, 0.2) is 5.69 Å². The molecule has 0 aliphatic rings. The molecule has 196 valence electrons. The Labute approximate surface area is 216 Å². The molecule has 11 heteroatoms. The Balaban J connectivity index is 1.87. The van der Waals surface area contributed by atoms with Gasteiger partial charge in [-0.05, 0) is 24.3 Å². The number of esters is 2. The number of ether oxygens (including phenoxy) is 2. The number of aromatic nitrogens is 3. The number of carbonyl (C=O) groups excluding carboxylic acids is 2. The number of hydrogen-bond donors (Lipinski definition) is 0. The standard InChI is InChI=1S/C27H23F3N4O4/c1-33(2)21-15-18(27(28,29)30)14-20(31-21)16-10-12-17(13-11-16)23-22(25(35)37-3)24(26(36)38-4)34(32-23)19-8-6-5-7-9-19/h5-15H,1-4H3. The van der Waals surface area contributed by atoms with Crippen molar-refractivity contribution in [3.8, 4) is 28.2 Å². The highest BCUT2D eigenvalue weighted by molar-refractivity contribution is 6.06. The van der Waals surface area contributed by atoms with Crippen LogP contribution in [0.3, 0.4) is 0 Å². The highest BCUT2D eigenvalue weighted by Crippen LogP contribution is 2.35. The Bertz CT molecular complexity index is 1480. The number of pyridine rings is 1. The number of alkyl halides is 3. The highest BCUT2D eigenvalue weighted by atomic mass is 19.4. The molecule has 0 N–H and O–H groups in total. The van der Waals surface area contributed by atoms with Crippen molar-refractivity contribution in [2.45, 2.75) is 6.18 Å². The molecule has 4 aromatic rings. The van der Waals surface area contributed by atoms with Crippen molar-refractivity contribution in [2.24, 2.45) is 0 Å². The number of rotatable bonds is 6. The van der Waals surface area contributed by atoms with Gasteiger partial charge in [-0.25, -0.2) is 19.3 Å². The van der Waals surface area contributed by atoms with Crippen LogP contribution in [0.5, 0.6) is 0 Å². The first kappa shape index (κ1) is 26.4. The number of methoxy groups -OCH3 is 2. The van der Waals surface area contributed by atoms with Gasteiger partial charge in [-0.1, -0.05) is 42.5 Å². The molecule has 0 amide bonds. The van der Waals surface area contributed by atoms with E-state index in [-0.39, 0.29) is 28.5 Å². The quantitative estimate of drug-likeness (QED) is 0.318. The maximum atomic E-state index is 13.5. The van der Waals surface area contributed by atoms with Gasteiger partial charge in [-0.2, -0.15) is 18.3 Å². The third-order valence-corrected chi connectivity index (χ3v) is 5.71. The minimum Gasteiger partial charge on any atom is -0.465 e. The molecule has 0 saturated carbocycles. The van der Waals surface area contributed by atoms with Crippen LogP contribution in [0.2, 0.25) is 0 Å². The van der Waals surface area contributed by atoms with E-state index in [1.807, 2.05) is 0 Å². The molecule has 0 fully saturated rings. The fraction of sp³-hybridized carbons (Fsp3) is 0.185. The van der Waals surface area contributed by atoms with E-state index in [1.165, 1.54) is 23.8 Å². The molecule has 2 aromatic carbocycles. The van der Waals surface area contributed by atoms with Crippen LogP contribution in [-0.4, -0.2) is 55.0 Å². The van der Waals surface area contributed by atoms with Gasteiger partial charge in [0.05, 0.1) is 31.2 Å². The first-order chi connectivity index (χ1) is 18.0. The molecule has 0 aliphatic carbocycles. The molecule has 0 spiro atoms. The number of nitrogens with zero attached hydrogens (tertiary/aromatic N) is 4. The fourth-order valence-electron chi connectivity index (χ4n) is 3.81. The van der Waals surface area contributed by atoms with Crippen molar-refractivity contribution in [1.82, 2.24) is 14.8 Å². The summed E-state index contributed by atoms with van der Waals surface area (Å²) in [5.41, 5.74) is 0.541. The van der Waals surface area contributed by atoms with Crippen LogP contribution in [0.25, 0.3) is 28.2 Å². The predicted molar refractivity (Wildman–Crippen MR) is 134 cm³/mol. The maximum absolute atomic E-state index is 13.5. The first-order valence-corrected chi connectivity index (χ1v) is 11.3. The van der Waals surface area contributed by atoms with Crippen LogP contribution in [0.1, 0.15) is 26.4 Å². The summed E-state index contributed by atoms with van der Waals surface area (Å²) in [6.45, 7) is 0. The molecule has 0 radical (unpaired) electrons. The van der Waals surface area contributed by atoms with E-state index in [1.54, 1.807) is 68.7 Å². The third kappa shape index (κ3) is 5.08. The molecular formula is C27H23F3N4O4. The van der Waals surface area contributed by atoms with Gasteiger partial charge in [0.2, 0.25) is 0 Å². The lowest BCUT2D eigenvalue weighted by Gasteiger charge is -2.16. The smallest absolute Gasteiger partial charge is 0.416 e. The Kier molecular flexibility index (Phi) is 7.20. The molecule has 0 bridgehead atoms. The van der Waals surface area contributed by atoms with Gasteiger partial charge in [-0.15, -0.1) is 0 Å². The van der Waals surface area contributed by atoms with E-state index in [0.717, 1.165) is 12.1 Å². The molecule has 0 saturated heterocycles. The van der Waals surface area contributed by atoms with E-state index in [0.29, 0.717) is 16.8 Å². The summed E-state index contributed by atoms with van der Waals surface area (Å²) < 4.78 is 51.7. The van der Waals surface area contributed by atoms with Gasteiger partial charge in [0.25, 0.3) is 0 Å². The number of carbonyl (C=O) groups is 2. The summed E-state index contributed by atoms with van der Waals surface area (Å²) in [4.78, 5) is 31.4. The van der Waals surface area contributed by atoms with Crippen LogP contribution >= 0.6 is 0 Å². The van der Waals surface area contributed by atoms with Crippen LogP contribution in [0, 0.1) is 0 Å². The lowest BCUT2D eigenvalue weighted by molar-refractivity contribution is -0.137. The summed E-state index contributed by atoms with van der Waals surface area (Å²) in [7, 11) is 5.57. The summed E-state index contributed by atoms with van der Waals surface area (Å²) in [5.74, 6) is -1.45. The van der Waals surface area contributed by atoms with Crippen molar-refractivity contribution < 1.29 is 32.2 Å². The lowest BCUT2D eigenvalue weighted by Crippen LogP contribution is -2.15. The third-order valence-electron chi connectivity index (χ3n) is 5.71. The van der Waals surface area contributed by atoms with E-state index < -0.39 is 23.7 Å². The van der Waals surface area contributed by atoms with E-state index in [2.05, 4.69) is 10.1 Å². The molecule has 0 unspecified atom stereocenters. The second-order valence-electron chi connectivity index (χ2n) is 8.37. The number of benzene rings is 2. The van der Waals surface area contributed by atoms with Crippen molar-refractivity contribution >= 4 is 17.8 Å². The summed E-state index contributed by atoms with van der Waals surface area (Å²) in [6, 6.07) is 16.9. The summed E-state index contributed by atoms with van der Waals surface area (Å²) >= 11 is 0. The molecule has 4 rings (SSSR count). The van der Waals surface area contributed by atoms with Gasteiger partial charge < -0.3 is 14.4 Å². The SMILES string of the molecule is COC(=O)c1c(-c2ccc(-c3cc(C(F)(F)F)cc(N(C)C)n3)cc2)nn(-c2ccccc2)c1C(=O)OC. The van der Waals surface area contributed by atoms with Gasteiger partial charge in [-0.3, -0.25) is 0 Å². The molecule has 38 heavy (non-hydrogen) atoms. The topological polar surface area (TPSA) is 86.5 Å². The van der Waals surface area contributed by atoms with Crippen molar-refractivity contribution in [3.63, 3.8) is 0 Å². The van der Waals surface area contributed by atoms with Crippen LogP contribution in [0.15, 0.2) is 66.7 Å². The Morgan fingerprint density at radius 1 is 0.868 bits per heavy atom. The number of halogens is 3. The fourth-order valence-corrected chi connectivity index (χ4v) is 3.81. The van der Waals surface area contributed by atoms with E-state index in [4.69, 9.17) is 9.47 Å². The van der Waals surface area contributed by atoms with Crippen LogP contribution in [0.4, 0.5) is 19.0 Å². The normalized spacial score (nSPS) is 11.2. The van der Waals surface area contributed by atoms with Gasteiger partial charge in [0.1, 0.15) is 17.1 Å². The minimum absolute atomic E-state index is 0.108. The zero-order valence-corrected chi connectivity index (χ0v) is 20.9. The molecule has 2 heterocycles. The minimum atomic E-state index is -4.55. The second-order valence-corrected chi connectivity index (χ2v) is 8.37. The van der Waals surface area contributed by atoms with Crippen molar-refractivity contribution in [3.05, 3.63) is 83.6 Å². The molecule has 8 nitrogen and oxygen atoms in total. The Morgan fingerprint density at radius 3 is 2.03 bits per heavy atom. The molecule has 2 aromatic heterocycles. The van der Waals surface area contributed by atoms with E-state index >= 15 is 0 Å². The Morgan fingerprint density at radius 2 is 1.47 bits per heavy atom. The number of para-hydroxylation sites is 1. The number of anilines is 1. The zero-order valence-electron chi connectivity index (χ0n) is 20.9. The largest absolute Gasteiger partial charge is 0.465 e. The molecule has 0 atom stereocenters. The average Bonchev–Trinajstić information content (AvgIpc) is 3.32. The Hall–Kier alpha value is -4.67. The monoisotopic (exact) mass is 524 g/mol. The second kappa shape index (κ2) is 10.4. The predicted octanol–water partition coefficient (Wildman–Crippen LogP) is 5.26. The van der Waals surface area contributed by atoms with Gasteiger partial charge >= 0.3 is 18.1 Å². The van der Waals surface area contributed by atoms with E-state index in [9.17, 15) is 22.8 Å². The number of hydrogen-bond acceptors (Lipinski definition) is 7. The van der Waals surface area contributed by atoms with Crippen molar-refractivity contribution in [1.29, 1.82) is 0 Å². The summed E-state index contributed by atoms with van der Waals surface area (Å²) in [6.07, 6.45) is -4.55. The molecular weight excluding hydrogens is 501 g/mol. The van der Waals surface area contributed by atoms with Crippen molar-refractivity contribution in [2.75, 3.05) is 33.2 Å².